The lowest BCUT2D eigenvalue weighted by Gasteiger charge is -2.26. The zero-order valence-corrected chi connectivity index (χ0v) is 16.4. The number of ether oxygens (including phenoxy) is 3. The standard InChI is InChI=1S/C22H28N2O4/c1-2-27-22(25)9-8-20-6-4-10-24(20)13-16-28-21-7-3-5-19(17-21)18-23-11-14-26-15-12-23/h3-10,17H,2,11-16,18H2,1H3/b9-8+. The van der Waals surface area contributed by atoms with Crippen LogP contribution in [-0.2, 0) is 27.4 Å². The average molecular weight is 384 g/mol. The predicted octanol–water partition coefficient (Wildman–Crippen LogP) is 2.98. The summed E-state index contributed by atoms with van der Waals surface area (Å²) in [6, 6.07) is 12.2. The van der Waals surface area contributed by atoms with E-state index < -0.39 is 0 Å². The summed E-state index contributed by atoms with van der Waals surface area (Å²) in [5.74, 6) is 0.546. The molecule has 0 atom stereocenters. The Bertz CT molecular complexity index is 778. The fourth-order valence-corrected chi connectivity index (χ4v) is 3.14. The molecule has 1 saturated heterocycles. The van der Waals surface area contributed by atoms with E-state index in [0.717, 1.165) is 44.3 Å². The van der Waals surface area contributed by atoms with E-state index >= 15 is 0 Å². The minimum Gasteiger partial charge on any atom is -0.492 e. The maximum Gasteiger partial charge on any atom is 0.330 e. The van der Waals surface area contributed by atoms with Gasteiger partial charge in [-0.05, 0) is 42.8 Å². The maximum atomic E-state index is 11.5. The van der Waals surface area contributed by atoms with Gasteiger partial charge in [-0.25, -0.2) is 4.79 Å². The second kappa shape index (κ2) is 10.7. The van der Waals surface area contributed by atoms with Gasteiger partial charge < -0.3 is 18.8 Å². The third-order valence-electron chi connectivity index (χ3n) is 4.55. The fraction of sp³-hybridized carbons (Fsp3) is 0.409. The molecule has 2 aromatic rings. The van der Waals surface area contributed by atoms with Crippen LogP contribution in [0.15, 0.2) is 48.7 Å². The van der Waals surface area contributed by atoms with E-state index in [1.807, 2.05) is 35.0 Å². The summed E-state index contributed by atoms with van der Waals surface area (Å²) in [6.07, 6.45) is 5.19. The number of hydrogen-bond acceptors (Lipinski definition) is 5. The lowest BCUT2D eigenvalue weighted by molar-refractivity contribution is -0.137. The number of benzene rings is 1. The van der Waals surface area contributed by atoms with Crippen molar-refractivity contribution in [3.63, 3.8) is 0 Å². The monoisotopic (exact) mass is 384 g/mol. The molecule has 1 aromatic carbocycles. The number of esters is 1. The van der Waals surface area contributed by atoms with Crippen molar-refractivity contribution in [2.75, 3.05) is 39.5 Å². The van der Waals surface area contributed by atoms with Gasteiger partial charge in [-0.15, -0.1) is 0 Å². The molecular weight excluding hydrogens is 356 g/mol. The molecule has 0 N–H and O–H groups in total. The van der Waals surface area contributed by atoms with Gasteiger partial charge in [-0.3, -0.25) is 4.90 Å². The van der Waals surface area contributed by atoms with E-state index in [0.29, 0.717) is 19.8 Å². The highest BCUT2D eigenvalue weighted by Gasteiger charge is 2.11. The fourth-order valence-electron chi connectivity index (χ4n) is 3.14. The predicted molar refractivity (Wildman–Crippen MR) is 108 cm³/mol. The van der Waals surface area contributed by atoms with Crippen LogP contribution in [0.25, 0.3) is 6.08 Å². The van der Waals surface area contributed by atoms with Crippen molar-refractivity contribution in [1.82, 2.24) is 9.47 Å². The van der Waals surface area contributed by atoms with Crippen molar-refractivity contribution in [2.45, 2.75) is 20.0 Å². The molecule has 1 fully saturated rings. The topological polar surface area (TPSA) is 52.9 Å². The highest BCUT2D eigenvalue weighted by Crippen LogP contribution is 2.16. The zero-order chi connectivity index (χ0) is 19.6. The van der Waals surface area contributed by atoms with Gasteiger partial charge in [0, 0.05) is 37.6 Å². The Kier molecular flexibility index (Phi) is 7.70. The largest absolute Gasteiger partial charge is 0.492 e. The van der Waals surface area contributed by atoms with Crippen molar-refractivity contribution >= 4 is 12.0 Å². The normalized spacial score (nSPS) is 15.0. The Morgan fingerprint density at radius 2 is 2.07 bits per heavy atom. The molecule has 28 heavy (non-hydrogen) atoms. The molecule has 0 spiro atoms. The van der Waals surface area contributed by atoms with Gasteiger partial charge >= 0.3 is 5.97 Å². The first-order chi connectivity index (χ1) is 13.7. The summed E-state index contributed by atoms with van der Waals surface area (Å²) in [7, 11) is 0. The molecule has 6 nitrogen and oxygen atoms in total. The maximum absolute atomic E-state index is 11.5. The van der Waals surface area contributed by atoms with Crippen LogP contribution in [0, 0.1) is 0 Å². The molecule has 0 saturated carbocycles. The molecule has 0 aliphatic carbocycles. The first kappa shape index (κ1) is 20.2. The molecule has 1 aliphatic rings. The minimum atomic E-state index is -0.330. The van der Waals surface area contributed by atoms with Crippen molar-refractivity contribution in [3.8, 4) is 5.75 Å². The Morgan fingerprint density at radius 3 is 2.89 bits per heavy atom. The second-order valence-electron chi connectivity index (χ2n) is 6.60. The van der Waals surface area contributed by atoms with Gasteiger partial charge in [0.25, 0.3) is 0 Å². The molecule has 0 radical (unpaired) electrons. The lowest BCUT2D eigenvalue weighted by Crippen LogP contribution is -2.35. The van der Waals surface area contributed by atoms with E-state index in [1.165, 1.54) is 11.6 Å². The quantitative estimate of drug-likeness (QED) is 0.491. The van der Waals surface area contributed by atoms with Gasteiger partial charge in [-0.2, -0.15) is 0 Å². The number of morpholine rings is 1. The number of aromatic nitrogens is 1. The van der Waals surface area contributed by atoms with Gasteiger partial charge in [0.05, 0.1) is 26.4 Å². The van der Waals surface area contributed by atoms with Crippen molar-refractivity contribution in [1.29, 1.82) is 0 Å². The van der Waals surface area contributed by atoms with Crippen LogP contribution in [0.3, 0.4) is 0 Å². The number of carbonyl (C=O) groups excluding carboxylic acids is 1. The average Bonchev–Trinajstić information content (AvgIpc) is 3.15. The van der Waals surface area contributed by atoms with Crippen LogP contribution in [0.2, 0.25) is 0 Å². The van der Waals surface area contributed by atoms with E-state index in [-0.39, 0.29) is 5.97 Å². The summed E-state index contributed by atoms with van der Waals surface area (Å²) in [4.78, 5) is 13.9. The third kappa shape index (κ3) is 6.25. The Hall–Kier alpha value is -2.57. The molecule has 2 heterocycles. The van der Waals surface area contributed by atoms with E-state index in [1.54, 1.807) is 13.0 Å². The first-order valence-corrected chi connectivity index (χ1v) is 9.76. The van der Waals surface area contributed by atoms with Gasteiger partial charge in [-0.1, -0.05) is 12.1 Å². The van der Waals surface area contributed by atoms with E-state index in [2.05, 4.69) is 17.0 Å². The minimum absolute atomic E-state index is 0.330. The third-order valence-corrected chi connectivity index (χ3v) is 4.55. The smallest absolute Gasteiger partial charge is 0.330 e. The first-order valence-electron chi connectivity index (χ1n) is 9.76. The Morgan fingerprint density at radius 1 is 1.21 bits per heavy atom. The summed E-state index contributed by atoms with van der Waals surface area (Å²) in [5.41, 5.74) is 2.19. The van der Waals surface area contributed by atoms with E-state index in [9.17, 15) is 4.79 Å². The zero-order valence-electron chi connectivity index (χ0n) is 16.4. The number of rotatable bonds is 9. The highest BCUT2D eigenvalue weighted by molar-refractivity contribution is 5.86. The molecule has 150 valence electrons. The van der Waals surface area contributed by atoms with Crippen LogP contribution < -0.4 is 4.74 Å². The molecule has 0 unspecified atom stereocenters. The van der Waals surface area contributed by atoms with Crippen molar-refractivity contribution in [2.24, 2.45) is 0 Å². The molecule has 1 aromatic heterocycles. The summed E-state index contributed by atoms with van der Waals surface area (Å²) < 4.78 is 18.3. The van der Waals surface area contributed by atoms with Crippen LogP contribution in [0.1, 0.15) is 18.2 Å². The summed E-state index contributed by atoms with van der Waals surface area (Å²) >= 11 is 0. The van der Waals surface area contributed by atoms with Crippen LogP contribution >= 0.6 is 0 Å². The van der Waals surface area contributed by atoms with Crippen LogP contribution in [0.5, 0.6) is 5.75 Å². The van der Waals surface area contributed by atoms with Crippen molar-refractivity contribution in [3.05, 3.63) is 59.9 Å². The molecule has 3 rings (SSSR count). The SMILES string of the molecule is CCOC(=O)/C=C/c1cccn1CCOc1cccc(CN2CCOCC2)c1. The Labute approximate surface area is 166 Å². The van der Waals surface area contributed by atoms with Crippen molar-refractivity contribution < 1.29 is 19.0 Å². The molecular formula is C22H28N2O4. The van der Waals surface area contributed by atoms with Gasteiger partial charge in [0.2, 0.25) is 0 Å². The van der Waals surface area contributed by atoms with E-state index in [4.69, 9.17) is 14.2 Å². The van der Waals surface area contributed by atoms with Crippen LogP contribution in [0.4, 0.5) is 0 Å². The Balaban J connectivity index is 1.49. The van der Waals surface area contributed by atoms with Crippen LogP contribution in [-0.4, -0.2) is 55.0 Å². The molecule has 0 bridgehead atoms. The molecule has 1 aliphatic heterocycles. The highest BCUT2D eigenvalue weighted by atomic mass is 16.5. The second-order valence-corrected chi connectivity index (χ2v) is 6.60. The number of hydrogen-bond donors (Lipinski definition) is 0. The summed E-state index contributed by atoms with van der Waals surface area (Å²) in [6.45, 7) is 7.89. The van der Waals surface area contributed by atoms with Gasteiger partial charge in [0.15, 0.2) is 0 Å². The summed E-state index contributed by atoms with van der Waals surface area (Å²) in [5, 5.41) is 0. The molecule has 0 amide bonds. The van der Waals surface area contributed by atoms with Gasteiger partial charge in [0.1, 0.15) is 12.4 Å². The molecule has 6 heteroatoms. The number of nitrogens with zero attached hydrogens (tertiary/aromatic N) is 2. The number of carbonyl (C=O) groups is 1. The lowest BCUT2D eigenvalue weighted by atomic mass is 10.2.